The number of nitrogens with zero attached hydrogens (tertiary/aromatic N) is 1. The van der Waals surface area contributed by atoms with Crippen LogP contribution in [0, 0.1) is 12.8 Å². The molecule has 2 unspecified atom stereocenters. The van der Waals surface area contributed by atoms with E-state index in [1.165, 1.54) is 31.2 Å². The number of pyridine rings is 1. The van der Waals surface area contributed by atoms with Crippen molar-refractivity contribution in [3.63, 3.8) is 0 Å². The molecule has 0 bridgehead atoms. The monoisotopic (exact) mass is 238 g/mol. The van der Waals surface area contributed by atoms with Crippen LogP contribution in [0.2, 0.25) is 5.15 Å². The van der Waals surface area contributed by atoms with Crippen LogP contribution in [0.25, 0.3) is 0 Å². The molecular formula is C13H19ClN2. The average Bonchev–Trinajstić information content (AvgIpc) is 2.24. The van der Waals surface area contributed by atoms with Crippen LogP contribution in [0.4, 0.5) is 5.69 Å². The summed E-state index contributed by atoms with van der Waals surface area (Å²) >= 11 is 6.11. The lowest BCUT2D eigenvalue weighted by Crippen LogP contribution is -2.26. The standard InChI is InChI=1S/C13H19ClN2/c1-9-4-3-5-11(8-9)16-12-10(2)6-7-15-13(12)14/h6-7,9,11,16H,3-5,8H2,1-2H3. The molecule has 1 N–H and O–H groups in total. The predicted molar refractivity (Wildman–Crippen MR) is 69.0 cm³/mol. The van der Waals surface area contributed by atoms with Gasteiger partial charge in [0.05, 0.1) is 5.69 Å². The van der Waals surface area contributed by atoms with Gasteiger partial charge in [0.15, 0.2) is 5.15 Å². The molecule has 0 aliphatic heterocycles. The Hall–Kier alpha value is -0.760. The fourth-order valence-electron chi connectivity index (χ4n) is 2.47. The zero-order valence-corrected chi connectivity index (χ0v) is 10.7. The zero-order chi connectivity index (χ0) is 11.5. The van der Waals surface area contributed by atoms with Gasteiger partial charge in [0.1, 0.15) is 0 Å². The smallest absolute Gasteiger partial charge is 0.152 e. The molecule has 0 radical (unpaired) electrons. The number of aryl methyl sites for hydroxylation is 1. The molecule has 2 atom stereocenters. The van der Waals surface area contributed by atoms with Crippen molar-refractivity contribution in [1.29, 1.82) is 0 Å². The Kier molecular flexibility index (Phi) is 3.70. The maximum atomic E-state index is 6.11. The maximum absolute atomic E-state index is 6.11. The van der Waals surface area contributed by atoms with Crippen molar-refractivity contribution in [3.05, 3.63) is 23.0 Å². The summed E-state index contributed by atoms with van der Waals surface area (Å²) < 4.78 is 0. The Morgan fingerprint density at radius 2 is 2.25 bits per heavy atom. The number of rotatable bonds is 2. The normalized spacial score (nSPS) is 25.4. The molecule has 2 rings (SSSR count). The van der Waals surface area contributed by atoms with E-state index < -0.39 is 0 Å². The van der Waals surface area contributed by atoms with E-state index in [0.717, 1.165) is 11.6 Å². The van der Waals surface area contributed by atoms with Gasteiger partial charge in [-0.1, -0.05) is 31.4 Å². The number of halogens is 1. The van der Waals surface area contributed by atoms with Crippen molar-refractivity contribution in [2.24, 2.45) is 5.92 Å². The van der Waals surface area contributed by atoms with Gasteiger partial charge < -0.3 is 5.32 Å². The molecule has 1 aromatic rings. The summed E-state index contributed by atoms with van der Waals surface area (Å²) in [6.45, 7) is 4.40. The van der Waals surface area contributed by atoms with Crippen molar-refractivity contribution in [2.45, 2.75) is 45.6 Å². The Morgan fingerprint density at radius 3 is 2.94 bits per heavy atom. The first kappa shape index (κ1) is 11.7. The number of anilines is 1. The molecule has 0 amide bonds. The molecule has 1 fully saturated rings. The van der Waals surface area contributed by atoms with E-state index in [1.807, 2.05) is 6.07 Å². The van der Waals surface area contributed by atoms with Gasteiger partial charge >= 0.3 is 0 Å². The lowest BCUT2D eigenvalue weighted by Gasteiger charge is -2.29. The molecule has 0 saturated heterocycles. The van der Waals surface area contributed by atoms with Crippen LogP contribution in [0.5, 0.6) is 0 Å². The van der Waals surface area contributed by atoms with E-state index in [4.69, 9.17) is 11.6 Å². The third-order valence-electron chi connectivity index (χ3n) is 3.40. The van der Waals surface area contributed by atoms with E-state index in [1.54, 1.807) is 6.20 Å². The summed E-state index contributed by atoms with van der Waals surface area (Å²) in [6, 6.07) is 2.56. The summed E-state index contributed by atoms with van der Waals surface area (Å²) in [7, 11) is 0. The highest BCUT2D eigenvalue weighted by Crippen LogP contribution is 2.29. The van der Waals surface area contributed by atoms with Crippen molar-refractivity contribution in [2.75, 3.05) is 5.32 Å². The minimum atomic E-state index is 0.559. The summed E-state index contributed by atoms with van der Waals surface area (Å²) in [6.07, 6.45) is 6.92. The fraction of sp³-hybridized carbons (Fsp3) is 0.615. The molecule has 1 aliphatic carbocycles. The minimum Gasteiger partial charge on any atom is -0.380 e. The fourth-order valence-corrected chi connectivity index (χ4v) is 2.73. The molecule has 0 aromatic carbocycles. The largest absolute Gasteiger partial charge is 0.380 e. The van der Waals surface area contributed by atoms with Gasteiger partial charge in [-0.25, -0.2) is 4.98 Å². The Balaban J connectivity index is 2.08. The number of aromatic nitrogens is 1. The number of hydrogen-bond donors (Lipinski definition) is 1. The quantitative estimate of drug-likeness (QED) is 0.787. The predicted octanol–water partition coefficient (Wildman–Crippen LogP) is 4.03. The summed E-state index contributed by atoms with van der Waals surface area (Å²) in [5, 5.41) is 4.15. The molecule has 1 saturated carbocycles. The van der Waals surface area contributed by atoms with Gasteiger partial charge in [0, 0.05) is 12.2 Å². The molecule has 3 heteroatoms. The van der Waals surface area contributed by atoms with Crippen LogP contribution < -0.4 is 5.32 Å². The Labute approximate surface area is 102 Å². The molecule has 0 spiro atoms. The number of nitrogens with one attached hydrogen (secondary N) is 1. The first-order valence-electron chi connectivity index (χ1n) is 6.04. The molecule has 1 heterocycles. The molecule has 88 valence electrons. The van der Waals surface area contributed by atoms with Gasteiger partial charge in [-0.05, 0) is 37.3 Å². The molecule has 16 heavy (non-hydrogen) atoms. The minimum absolute atomic E-state index is 0.559. The maximum Gasteiger partial charge on any atom is 0.152 e. The Morgan fingerprint density at radius 1 is 1.44 bits per heavy atom. The second-order valence-corrected chi connectivity index (χ2v) is 5.26. The van der Waals surface area contributed by atoms with E-state index in [0.29, 0.717) is 11.2 Å². The average molecular weight is 239 g/mol. The molecule has 1 aliphatic rings. The van der Waals surface area contributed by atoms with Gasteiger partial charge in [-0.15, -0.1) is 0 Å². The van der Waals surface area contributed by atoms with Crippen LogP contribution in [-0.4, -0.2) is 11.0 Å². The third-order valence-corrected chi connectivity index (χ3v) is 3.68. The molecule has 2 nitrogen and oxygen atoms in total. The SMILES string of the molecule is Cc1ccnc(Cl)c1NC1CCCC(C)C1. The van der Waals surface area contributed by atoms with Crippen LogP contribution in [-0.2, 0) is 0 Å². The second-order valence-electron chi connectivity index (χ2n) is 4.91. The highest BCUT2D eigenvalue weighted by Gasteiger charge is 2.19. The van der Waals surface area contributed by atoms with E-state index in [2.05, 4.69) is 24.1 Å². The number of hydrogen-bond acceptors (Lipinski definition) is 2. The van der Waals surface area contributed by atoms with Crippen LogP contribution in [0.15, 0.2) is 12.3 Å². The topological polar surface area (TPSA) is 24.9 Å². The van der Waals surface area contributed by atoms with Crippen molar-refractivity contribution in [1.82, 2.24) is 4.98 Å². The van der Waals surface area contributed by atoms with Gasteiger partial charge in [-0.3, -0.25) is 0 Å². The first-order chi connectivity index (χ1) is 7.66. The summed E-state index contributed by atoms with van der Waals surface area (Å²) in [4.78, 5) is 4.13. The zero-order valence-electron chi connectivity index (χ0n) is 9.96. The van der Waals surface area contributed by atoms with Crippen LogP contribution in [0.3, 0.4) is 0 Å². The summed E-state index contributed by atoms with van der Waals surface area (Å²) in [5.74, 6) is 0.821. The van der Waals surface area contributed by atoms with Crippen molar-refractivity contribution < 1.29 is 0 Å². The third kappa shape index (κ3) is 2.67. The van der Waals surface area contributed by atoms with Gasteiger partial charge in [-0.2, -0.15) is 0 Å². The van der Waals surface area contributed by atoms with Gasteiger partial charge in [0.2, 0.25) is 0 Å². The van der Waals surface area contributed by atoms with Crippen LogP contribution in [0.1, 0.15) is 38.2 Å². The summed E-state index contributed by atoms with van der Waals surface area (Å²) in [5.41, 5.74) is 2.20. The second kappa shape index (κ2) is 5.05. The van der Waals surface area contributed by atoms with Gasteiger partial charge in [0.25, 0.3) is 0 Å². The molecule has 1 aromatic heterocycles. The lowest BCUT2D eigenvalue weighted by atomic mass is 9.87. The molecular weight excluding hydrogens is 220 g/mol. The van der Waals surface area contributed by atoms with Crippen molar-refractivity contribution in [3.8, 4) is 0 Å². The van der Waals surface area contributed by atoms with E-state index >= 15 is 0 Å². The first-order valence-corrected chi connectivity index (χ1v) is 6.42. The highest BCUT2D eigenvalue weighted by atomic mass is 35.5. The van der Waals surface area contributed by atoms with E-state index in [-0.39, 0.29) is 0 Å². The highest BCUT2D eigenvalue weighted by molar-refractivity contribution is 6.32. The van der Waals surface area contributed by atoms with Crippen molar-refractivity contribution >= 4 is 17.3 Å². The van der Waals surface area contributed by atoms with Crippen LogP contribution >= 0.6 is 11.6 Å². The Bertz CT molecular complexity index is 345. The lowest BCUT2D eigenvalue weighted by molar-refractivity contribution is 0.358. The van der Waals surface area contributed by atoms with E-state index in [9.17, 15) is 0 Å².